The van der Waals surface area contributed by atoms with Gasteiger partial charge in [-0.1, -0.05) is 44.7 Å². The van der Waals surface area contributed by atoms with Crippen LogP contribution in [-0.4, -0.2) is 26.4 Å². The number of halogens is 1. The first-order valence-electron chi connectivity index (χ1n) is 10.1. The van der Waals surface area contributed by atoms with Crippen molar-refractivity contribution in [3.05, 3.63) is 71.3 Å². The van der Waals surface area contributed by atoms with E-state index in [0.29, 0.717) is 35.1 Å². The zero-order chi connectivity index (χ0) is 22.4. The van der Waals surface area contributed by atoms with E-state index < -0.39 is 0 Å². The summed E-state index contributed by atoms with van der Waals surface area (Å²) < 4.78 is 20.1. The van der Waals surface area contributed by atoms with Gasteiger partial charge in [0.1, 0.15) is 18.2 Å². The third-order valence-electron chi connectivity index (χ3n) is 4.77. The van der Waals surface area contributed by atoms with Gasteiger partial charge in [0.2, 0.25) is 5.16 Å². The lowest BCUT2D eigenvalue weighted by Crippen LogP contribution is -2.16. The Morgan fingerprint density at radius 2 is 1.77 bits per heavy atom. The summed E-state index contributed by atoms with van der Waals surface area (Å²) in [4.78, 5) is 12.1. The quantitative estimate of drug-likeness (QED) is 0.223. The third-order valence-corrected chi connectivity index (χ3v) is 5.80. The first kappa shape index (κ1) is 22.8. The fraction of sp³-hybridized carbons (Fsp3) is 0.348. The molecule has 2 aromatic carbocycles. The van der Waals surface area contributed by atoms with Gasteiger partial charge in [-0.2, -0.15) is 0 Å². The van der Waals surface area contributed by atoms with Crippen molar-refractivity contribution in [2.24, 2.45) is 0 Å². The number of Topliss-reactive ketones (excluding diaryl/α,β-unsaturated/α-hetero) is 1. The van der Waals surface area contributed by atoms with Crippen LogP contribution in [0.25, 0.3) is 0 Å². The third kappa shape index (κ3) is 6.30. The summed E-state index contributed by atoms with van der Waals surface area (Å²) in [6.07, 6.45) is 1.03. The second-order valence-corrected chi connectivity index (χ2v) is 9.28. The second kappa shape index (κ2) is 9.96. The number of carbonyl (C=O) groups is 1. The van der Waals surface area contributed by atoms with Crippen LogP contribution in [-0.2, 0) is 12.0 Å². The molecule has 0 radical (unpaired) electrons. The van der Waals surface area contributed by atoms with E-state index in [9.17, 15) is 9.18 Å². The van der Waals surface area contributed by atoms with Crippen molar-refractivity contribution in [2.45, 2.75) is 50.8 Å². The number of ketones is 1. The molecule has 0 aliphatic carbocycles. The molecule has 8 heteroatoms. The van der Waals surface area contributed by atoms with Crippen LogP contribution in [0, 0.1) is 5.82 Å². The highest BCUT2D eigenvalue weighted by atomic mass is 32.2. The largest absolute Gasteiger partial charge is 0.486 e. The number of hydrogen-bond donors (Lipinski definition) is 1. The molecule has 31 heavy (non-hydrogen) atoms. The highest BCUT2D eigenvalue weighted by Gasteiger charge is 2.14. The van der Waals surface area contributed by atoms with Crippen molar-refractivity contribution in [2.75, 3.05) is 11.6 Å². The van der Waals surface area contributed by atoms with Crippen LogP contribution in [0.4, 0.5) is 4.39 Å². The SMILES string of the molecule is CC(C)(C)c1ccc(OCc2nnc(SCCCC(=O)c3ccc(F)cc3)n2N)cc1. The molecule has 2 N–H and O–H groups in total. The molecule has 0 aliphatic rings. The van der Waals surface area contributed by atoms with E-state index in [2.05, 4.69) is 43.1 Å². The Morgan fingerprint density at radius 1 is 1.10 bits per heavy atom. The fourth-order valence-electron chi connectivity index (χ4n) is 2.88. The summed E-state index contributed by atoms with van der Waals surface area (Å²) in [5, 5.41) is 8.77. The van der Waals surface area contributed by atoms with Crippen LogP contribution in [0.1, 0.15) is 55.4 Å². The zero-order valence-electron chi connectivity index (χ0n) is 18.0. The Labute approximate surface area is 186 Å². The van der Waals surface area contributed by atoms with Crippen molar-refractivity contribution in [1.82, 2.24) is 14.9 Å². The summed E-state index contributed by atoms with van der Waals surface area (Å²) >= 11 is 1.43. The number of benzene rings is 2. The van der Waals surface area contributed by atoms with Gasteiger partial charge in [-0.15, -0.1) is 10.2 Å². The number of rotatable bonds is 9. The van der Waals surface area contributed by atoms with Crippen molar-refractivity contribution in [3.63, 3.8) is 0 Å². The van der Waals surface area contributed by atoms with Gasteiger partial charge in [0.05, 0.1) is 0 Å². The van der Waals surface area contributed by atoms with E-state index in [0.717, 1.165) is 5.75 Å². The fourth-order valence-corrected chi connectivity index (χ4v) is 3.69. The van der Waals surface area contributed by atoms with Crippen molar-refractivity contribution in [1.29, 1.82) is 0 Å². The summed E-state index contributed by atoms with van der Waals surface area (Å²) in [7, 11) is 0. The predicted octanol–water partition coefficient (Wildman–Crippen LogP) is 4.76. The summed E-state index contributed by atoms with van der Waals surface area (Å²) in [5.41, 5.74) is 1.84. The van der Waals surface area contributed by atoms with Gasteiger partial charge in [0, 0.05) is 17.7 Å². The van der Waals surface area contributed by atoms with Gasteiger partial charge < -0.3 is 10.6 Å². The van der Waals surface area contributed by atoms with Crippen LogP contribution < -0.4 is 10.6 Å². The first-order valence-corrected chi connectivity index (χ1v) is 11.1. The number of nitrogens with two attached hydrogens (primary N) is 1. The highest BCUT2D eigenvalue weighted by molar-refractivity contribution is 7.99. The van der Waals surface area contributed by atoms with E-state index in [-0.39, 0.29) is 23.6 Å². The maximum atomic E-state index is 12.9. The molecule has 0 saturated carbocycles. The lowest BCUT2D eigenvalue weighted by molar-refractivity contribution is 0.0982. The molecule has 0 saturated heterocycles. The first-order chi connectivity index (χ1) is 14.7. The average Bonchev–Trinajstić information content (AvgIpc) is 3.09. The Balaban J connectivity index is 1.45. The minimum atomic E-state index is -0.351. The number of nitrogen functional groups attached to an aromatic ring is 1. The van der Waals surface area contributed by atoms with Gasteiger partial charge >= 0.3 is 0 Å². The average molecular weight is 443 g/mol. The second-order valence-electron chi connectivity index (χ2n) is 8.21. The minimum Gasteiger partial charge on any atom is -0.486 e. The van der Waals surface area contributed by atoms with Crippen molar-refractivity contribution < 1.29 is 13.9 Å². The standard InChI is InChI=1S/C23H27FN4O2S/c1-23(2,3)17-8-12-19(13-9-17)30-15-21-26-27-22(28(21)25)31-14-4-5-20(29)16-6-10-18(24)11-7-16/h6-13H,4-5,14-15,25H2,1-3H3. The summed E-state index contributed by atoms with van der Waals surface area (Å²) in [6, 6.07) is 13.6. The smallest absolute Gasteiger partial charge is 0.209 e. The van der Waals surface area contributed by atoms with E-state index in [1.165, 1.54) is 46.3 Å². The number of thioether (sulfide) groups is 1. The maximum absolute atomic E-state index is 12.9. The molecule has 1 heterocycles. The molecule has 6 nitrogen and oxygen atoms in total. The van der Waals surface area contributed by atoms with Crippen molar-refractivity contribution >= 4 is 17.5 Å². The minimum absolute atomic E-state index is 0.0126. The van der Waals surface area contributed by atoms with Crippen molar-refractivity contribution in [3.8, 4) is 5.75 Å². The molecule has 1 aromatic heterocycles. The molecule has 0 amide bonds. The van der Waals surface area contributed by atoms with E-state index >= 15 is 0 Å². The van der Waals surface area contributed by atoms with Gasteiger partial charge in [-0.3, -0.25) is 4.79 Å². The number of carbonyl (C=O) groups excluding carboxylic acids is 1. The summed E-state index contributed by atoms with van der Waals surface area (Å²) in [5.74, 6) is 7.64. The highest BCUT2D eigenvalue weighted by Crippen LogP contribution is 2.25. The molecule has 0 fully saturated rings. The number of nitrogens with zero attached hydrogens (tertiary/aromatic N) is 3. The molecule has 0 spiro atoms. The normalized spacial score (nSPS) is 11.5. The molecule has 0 aliphatic heterocycles. The zero-order valence-corrected chi connectivity index (χ0v) is 18.8. The van der Waals surface area contributed by atoms with E-state index in [1.54, 1.807) is 0 Å². The molecule has 0 bridgehead atoms. The monoisotopic (exact) mass is 442 g/mol. The Bertz CT molecular complexity index is 1010. The lowest BCUT2D eigenvalue weighted by Gasteiger charge is -2.19. The van der Waals surface area contributed by atoms with E-state index in [4.69, 9.17) is 10.6 Å². The van der Waals surface area contributed by atoms with Crippen LogP contribution in [0.15, 0.2) is 53.7 Å². The van der Waals surface area contributed by atoms with Gasteiger partial charge in [-0.05, 0) is 53.8 Å². The Hall–Kier alpha value is -2.87. The molecule has 0 atom stereocenters. The molecule has 3 aromatic rings. The number of ether oxygens (including phenoxy) is 1. The van der Waals surface area contributed by atoms with Crippen LogP contribution in [0.2, 0.25) is 0 Å². The van der Waals surface area contributed by atoms with Gasteiger partial charge in [0.25, 0.3) is 0 Å². The Morgan fingerprint density at radius 3 is 2.42 bits per heavy atom. The van der Waals surface area contributed by atoms with Gasteiger partial charge in [-0.25, -0.2) is 9.07 Å². The predicted molar refractivity (Wildman–Crippen MR) is 120 cm³/mol. The molecule has 164 valence electrons. The van der Waals surface area contributed by atoms with Crippen LogP contribution >= 0.6 is 11.8 Å². The lowest BCUT2D eigenvalue weighted by atomic mass is 9.87. The summed E-state index contributed by atoms with van der Waals surface area (Å²) in [6.45, 7) is 6.70. The van der Waals surface area contributed by atoms with Crippen LogP contribution in [0.5, 0.6) is 5.75 Å². The molecular weight excluding hydrogens is 415 g/mol. The number of aromatic nitrogens is 3. The van der Waals surface area contributed by atoms with Gasteiger partial charge in [0.15, 0.2) is 11.6 Å². The molecule has 3 rings (SSSR count). The van der Waals surface area contributed by atoms with E-state index in [1.807, 2.05) is 12.1 Å². The molecular formula is C23H27FN4O2S. The van der Waals surface area contributed by atoms with Crippen LogP contribution in [0.3, 0.4) is 0 Å². The maximum Gasteiger partial charge on any atom is 0.209 e. The topological polar surface area (TPSA) is 83.0 Å². The molecule has 0 unspecified atom stereocenters. The Kier molecular flexibility index (Phi) is 7.33. The number of hydrogen-bond acceptors (Lipinski definition) is 6.